The first-order valence-corrected chi connectivity index (χ1v) is 14.6. The Morgan fingerprint density at radius 3 is 2.05 bits per heavy atom. The van der Waals surface area contributed by atoms with Crippen LogP contribution >= 0.6 is 0 Å². The van der Waals surface area contributed by atoms with E-state index in [2.05, 4.69) is 10.0 Å². The molecule has 0 heterocycles. The number of sulfonamides is 1. The third kappa shape index (κ3) is 8.60. The predicted molar refractivity (Wildman–Crippen MR) is 155 cm³/mol. The molecular weight excluding hydrogens is 580 g/mol. The Kier molecular flexibility index (Phi) is 10.4. The number of nitrogens with one attached hydrogen (secondary N) is 2. The summed E-state index contributed by atoms with van der Waals surface area (Å²) in [7, 11) is -3.98. The van der Waals surface area contributed by atoms with E-state index in [4.69, 9.17) is 4.74 Å². The summed E-state index contributed by atoms with van der Waals surface area (Å²) in [5.41, 5.74) is 1.26. The van der Waals surface area contributed by atoms with Gasteiger partial charge in [-0.2, -0.15) is 0 Å². The Morgan fingerprint density at radius 1 is 0.837 bits per heavy atom. The van der Waals surface area contributed by atoms with Crippen molar-refractivity contribution in [2.24, 2.45) is 0 Å². The molecule has 4 aromatic rings. The van der Waals surface area contributed by atoms with E-state index in [9.17, 15) is 31.9 Å². The van der Waals surface area contributed by atoms with E-state index in [0.29, 0.717) is 11.1 Å². The van der Waals surface area contributed by atoms with E-state index in [1.54, 1.807) is 30.3 Å². The smallest absolute Gasteiger partial charge is 0.261 e. The zero-order valence-electron chi connectivity index (χ0n) is 22.8. The maximum atomic E-state index is 13.6. The third-order valence-electron chi connectivity index (χ3n) is 6.27. The number of rotatable bonds is 13. The molecule has 0 bridgehead atoms. The van der Waals surface area contributed by atoms with Crippen LogP contribution in [0.1, 0.15) is 17.2 Å². The summed E-state index contributed by atoms with van der Waals surface area (Å²) in [6.45, 7) is -0.880. The zero-order valence-corrected chi connectivity index (χ0v) is 23.6. The van der Waals surface area contributed by atoms with Crippen molar-refractivity contribution < 1.29 is 36.6 Å². The fourth-order valence-electron chi connectivity index (χ4n) is 4.17. The van der Waals surface area contributed by atoms with Gasteiger partial charge in [-0.25, -0.2) is 17.2 Å². The van der Waals surface area contributed by atoms with Crippen molar-refractivity contribution in [3.63, 3.8) is 0 Å². The van der Waals surface area contributed by atoms with Crippen molar-refractivity contribution in [3.8, 4) is 5.75 Å². The van der Waals surface area contributed by atoms with E-state index in [0.717, 1.165) is 12.1 Å². The van der Waals surface area contributed by atoms with E-state index < -0.39 is 46.1 Å². The normalized spacial score (nSPS) is 11.8. The fourth-order valence-corrected chi connectivity index (χ4v) is 5.23. The van der Waals surface area contributed by atoms with Gasteiger partial charge < -0.3 is 20.1 Å². The Labute approximate surface area is 247 Å². The number of anilines is 1. The number of carbonyl (C=O) groups is 2. The van der Waals surface area contributed by atoms with E-state index in [1.165, 1.54) is 65.6 Å². The van der Waals surface area contributed by atoms with Crippen LogP contribution in [0.15, 0.2) is 108 Å². The second-order valence-corrected chi connectivity index (χ2v) is 11.0. The predicted octanol–water partition coefficient (Wildman–Crippen LogP) is 4.02. The van der Waals surface area contributed by atoms with Crippen LogP contribution < -0.4 is 14.8 Å². The molecular formula is C31H29F2N3O6S. The van der Waals surface area contributed by atoms with Gasteiger partial charge in [-0.05, 0) is 71.8 Å². The first kappa shape index (κ1) is 31.1. The van der Waals surface area contributed by atoms with Gasteiger partial charge in [0.1, 0.15) is 23.4 Å². The quantitative estimate of drug-likeness (QED) is 0.210. The molecule has 0 fully saturated rings. The maximum absolute atomic E-state index is 13.6. The molecule has 224 valence electrons. The second-order valence-electron chi connectivity index (χ2n) is 9.35. The van der Waals surface area contributed by atoms with Crippen molar-refractivity contribution in [2.75, 3.05) is 24.5 Å². The lowest BCUT2D eigenvalue weighted by atomic mass is 10.0. The standard InChI is InChI=1S/C31H29F2N3O6S/c32-24-8-6-22(7-9-24)20-36(30(31(39)34-18-19-37)23-4-2-1-3-5-23)29(38)21-42-27-14-16-28(17-15-27)43(40,41)35-26-12-10-25(33)11-13-26/h1-17,30,35,37H,18-21H2,(H,34,39). The minimum atomic E-state index is -3.98. The Bertz CT molecular complexity index is 1620. The van der Waals surface area contributed by atoms with Crippen LogP contribution in [0.3, 0.4) is 0 Å². The molecule has 1 unspecified atom stereocenters. The summed E-state index contributed by atoms with van der Waals surface area (Å²) in [6, 6.07) is 23.2. The van der Waals surface area contributed by atoms with Gasteiger partial charge >= 0.3 is 0 Å². The maximum Gasteiger partial charge on any atom is 0.261 e. The molecule has 43 heavy (non-hydrogen) atoms. The van der Waals surface area contributed by atoms with Gasteiger partial charge in [-0.15, -0.1) is 0 Å². The first-order chi connectivity index (χ1) is 20.7. The lowest BCUT2D eigenvalue weighted by Crippen LogP contribution is -2.45. The molecule has 0 spiro atoms. The molecule has 12 heteroatoms. The molecule has 0 saturated carbocycles. The summed E-state index contributed by atoms with van der Waals surface area (Å²) in [5, 5.41) is 11.8. The molecule has 3 N–H and O–H groups in total. The van der Waals surface area contributed by atoms with Gasteiger partial charge in [0, 0.05) is 18.8 Å². The molecule has 0 aliphatic heterocycles. The van der Waals surface area contributed by atoms with Crippen molar-refractivity contribution in [3.05, 3.63) is 126 Å². The molecule has 0 aromatic heterocycles. The Balaban J connectivity index is 1.53. The van der Waals surface area contributed by atoms with Crippen molar-refractivity contribution in [2.45, 2.75) is 17.5 Å². The number of hydrogen-bond donors (Lipinski definition) is 3. The van der Waals surface area contributed by atoms with Crippen LogP contribution in [0, 0.1) is 11.6 Å². The van der Waals surface area contributed by atoms with Crippen molar-refractivity contribution in [1.29, 1.82) is 0 Å². The number of aliphatic hydroxyl groups is 1. The largest absolute Gasteiger partial charge is 0.484 e. The highest BCUT2D eigenvalue weighted by Gasteiger charge is 2.31. The summed E-state index contributed by atoms with van der Waals surface area (Å²) >= 11 is 0. The molecule has 0 aliphatic rings. The minimum absolute atomic E-state index is 0.0253. The van der Waals surface area contributed by atoms with Crippen LogP contribution in [-0.4, -0.2) is 50.0 Å². The van der Waals surface area contributed by atoms with Gasteiger partial charge in [0.25, 0.3) is 15.9 Å². The highest BCUT2D eigenvalue weighted by atomic mass is 32.2. The van der Waals surface area contributed by atoms with Gasteiger partial charge in [-0.3, -0.25) is 14.3 Å². The molecule has 0 radical (unpaired) electrons. The van der Waals surface area contributed by atoms with Gasteiger partial charge in [0.2, 0.25) is 5.91 Å². The first-order valence-electron chi connectivity index (χ1n) is 13.1. The summed E-state index contributed by atoms with van der Waals surface area (Å²) in [6.07, 6.45) is 0. The SMILES string of the molecule is O=C(NCCO)C(c1ccccc1)N(Cc1ccc(F)cc1)C(=O)COc1ccc(S(=O)(=O)Nc2ccc(F)cc2)cc1. The van der Waals surface area contributed by atoms with Crippen molar-refractivity contribution >= 4 is 27.5 Å². The molecule has 1 atom stereocenters. The number of benzene rings is 4. The van der Waals surface area contributed by atoms with Crippen LogP contribution in [0.2, 0.25) is 0 Å². The molecule has 4 rings (SSSR count). The Hall–Kier alpha value is -4.81. The lowest BCUT2D eigenvalue weighted by Gasteiger charge is -2.31. The monoisotopic (exact) mass is 609 g/mol. The number of carbonyl (C=O) groups excluding carboxylic acids is 2. The summed E-state index contributed by atoms with van der Waals surface area (Å²) in [4.78, 5) is 28.1. The molecule has 2 amide bonds. The van der Waals surface area contributed by atoms with Crippen LogP contribution in [0.25, 0.3) is 0 Å². The van der Waals surface area contributed by atoms with Crippen LogP contribution in [0.5, 0.6) is 5.75 Å². The van der Waals surface area contributed by atoms with Gasteiger partial charge in [0.05, 0.1) is 11.5 Å². The minimum Gasteiger partial charge on any atom is -0.484 e. The highest BCUT2D eigenvalue weighted by molar-refractivity contribution is 7.92. The number of hydrogen-bond acceptors (Lipinski definition) is 6. The van der Waals surface area contributed by atoms with E-state index in [-0.39, 0.29) is 36.0 Å². The summed E-state index contributed by atoms with van der Waals surface area (Å²) in [5.74, 6) is -1.87. The fraction of sp³-hybridized carbons (Fsp3) is 0.161. The molecule has 9 nitrogen and oxygen atoms in total. The van der Waals surface area contributed by atoms with Crippen molar-refractivity contribution in [1.82, 2.24) is 10.2 Å². The van der Waals surface area contributed by atoms with Crippen LogP contribution in [0.4, 0.5) is 14.5 Å². The average Bonchev–Trinajstić information content (AvgIpc) is 3.01. The van der Waals surface area contributed by atoms with Gasteiger partial charge in [0.15, 0.2) is 6.61 Å². The van der Waals surface area contributed by atoms with E-state index >= 15 is 0 Å². The number of nitrogens with zero attached hydrogens (tertiary/aromatic N) is 1. The number of aliphatic hydroxyl groups excluding tert-OH is 1. The third-order valence-corrected chi connectivity index (χ3v) is 7.66. The number of ether oxygens (including phenoxy) is 1. The Morgan fingerprint density at radius 2 is 1.44 bits per heavy atom. The van der Waals surface area contributed by atoms with Crippen LogP contribution in [-0.2, 0) is 26.2 Å². The number of amides is 2. The summed E-state index contributed by atoms with van der Waals surface area (Å²) < 4.78 is 60.2. The zero-order chi connectivity index (χ0) is 30.8. The molecule has 4 aromatic carbocycles. The lowest BCUT2D eigenvalue weighted by molar-refractivity contribution is -0.143. The van der Waals surface area contributed by atoms with Gasteiger partial charge in [-0.1, -0.05) is 42.5 Å². The molecule has 0 saturated heterocycles. The molecule has 0 aliphatic carbocycles. The number of halogens is 2. The second kappa shape index (κ2) is 14.4. The average molecular weight is 610 g/mol. The highest BCUT2D eigenvalue weighted by Crippen LogP contribution is 2.25. The van der Waals surface area contributed by atoms with E-state index in [1.807, 2.05) is 0 Å². The topological polar surface area (TPSA) is 125 Å².